The van der Waals surface area contributed by atoms with Gasteiger partial charge in [0.1, 0.15) is 13.2 Å². The highest BCUT2D eigenvalue weighted by Gasteiger charge is 2.19. The van der Waals surface area contributed by atoms with Crippen LogP contribution in [0.25, 0.3) is 0 Å². The maximum Gasteiger partial charge on any atom is 0.306 e. The number of hydrogen-bond donors (Lipinski definition) is 0. The monoisotopic (exact) mass is 1030 g/mol. The van der Waals surface area contributed by atoms with Gasteiger partial charge >= 0.3 is 17.9 Å². The lowest BCUT2D eigenvalue weighted by Crippen LogP contribution is -2.30. The molecule has 0 aromatic carbocycles. The van der Waals surface area contributed by atoms with E-state index in [1.165, 1.54) is 141 Å². The lowest BCUT2D eigenvalue weighted by atomic mass is 10.0. The van der Waals surface area contributed by atoms with Crippen molar-refractivity contribution in [3.05, 3.63) is 97.2 Å². The summed E-state index contributed by atoms with van der Waals surface area (Å²) < 4.78 is 16.9. The fourth-order valence-corrected chi connectivity index (χ4v) is 8.65. The van der Waals surface area contributed by atoms with Crippen LogP contribution in [0, 0.1) is 0 Å². The predicted octanol–water partition coefficient (Wildman–Crippen LogP) is 21.3. The van der Waals surface area contributed by atoms with Gasteiger partial charge in [0.2, 0.25) is 0 Å². The van der Waals surface area contributed by atoms with Gasteiger partial charge in [-0.3, -0.25) is 14.4 Å². The van der Waals surface area contributed by atoms with Gasteiger partial charge in [-0.1, -0.05) is 272 Å². The van der Waals surface area contributed by atoms with Crippen molar-refractivity contribution in [3.63, 3.8) is 0 Å². The Morgan fingerprint density at radius 3 is 0.851 bits per heavy atom. The van der Waals surface area contributed by atoms with Gasteiger partial charge < -0.3 is 14.2 Å². The Hall–Kier alpha value is -3.67. The first-order chi connectivity index (χ1) is 36.5. The van der Waals surface area contributed by atoms with Gasteiger partial charge in [-0.25, -0.2) is 0 Å². The minimum Gasteiger partial charge on any atom is -0.462 e. The Morgan fingerprint density at radius 2 is 0.527 bits per heavy atom. The van der Waals surface area contributed by atoms with E-state index in [0.717, 1.165) is 116 Å². The number of ether oxygens (including phenoxy) is 3. The van der Waals surface area contributed by atoms with Crippen LogP contribution in [0.3, 0.4) is 0 Å². The molecular formula is C68H116O6. The first kappa shape index (κ1) is 70.3. The summed E-state index contributed by atoms with van der Waals surface area (Å²) in [5.74, 6) is -0.893. The molecule has 0 saturated heterocycles. The highest BCUT2D eigenvalue weighted by Crippen LogP contribution is 2.16. The number of carbonyl (C=O) groups excluding carboxylic acids is 3. The van der Waals surface area contributed by atoms with E-state index in [2.05, 4.69) is 118 Å². The van der Waals surface area contributed by atoms with E-state index in [4.69, 9.17) is 14.2 Å². The summed E-state index contributed by atoms with van der Waals surface area (Å²) in [5.41, 5.74) is 0. The zero-order valence-electron chi connectivity index (χ0n) is 48.6. The molecule has 0 aromatic heterocycles. The molecule has 1 atom stereocenters. The highest BCUT2D eigenvalue weighted by molar-refractivity contribution is 5.71. The van der Waals surface area contributed by atoms with Crippen LogP contribution in [0.4, 0.5) is 0 Å². The summed E-state index contributed by atoms with van der Waals surface area (Å²) in [6.45, 7) is 6.50. The van der Waals surface area contributed by atoms with Crippen LogP contribution < -0.4 is 0 Å². The normalized spacial score (nSPS) is 12.7. The van der Waals surface area contributed by atoms with E-state index >= 15 is 0 Å². The van der Waals surface area contributed by atoms with Crippen molar-refractivity contribution < 1.29 is 28.6 Å². The number of unbranched alkanes of at least 4 members (excludes halogenated alkanes) is 29. The minimum absolute atomic E-state index is 0.0818. The van der Waals surface area contributed by atoms with Crippen molar-refractivity contribution >= 4 is 17.9 Å². The zero-order valence-corrected chi connectivity index (χ0v) is 48.6. The van der Waals surface area contributed by atoms with E-state index in [-0.39, 0.29) is 31.1 Å². The summed E-state index contributed by atoms with van der Waals surface area (Å²) in [6.07, 6.45) is 82.6. The predicted molar refractivity (Wildman–Crippen MR) is 320 cm³/mol. The second-order valence-electron chi connectivity index (χ2n) is 20.6. The quantitative estimate of drug-likeness (QED) is 0.0261. The fourth-order valence-electron chi connectivity index (χ4n) is 8.65. The molecule has 0 saturated carbocycles. The number of carbonyl (C=O) groups is 3. The molecule has 0 amide bonds. The summed E-state index contributed by atoms with van der Waals surface area (Å²) in [5, 5.41) is 0. The maximum atomic E-state index is 12.9. The van der Waals surface area contributed by atoms with Crippen LogP contribution in [-0.4, -0.2) is 37.2 Å². The third-order valence-electron chi connectivity index (χ3n) is 13.3. The summed E-state index contributed by atoms with van der Waals surface area (Å²) in [7, 11) is 0. The molecule has 0 radical (unpaired) electrons. The number of rotatable bonds is 56. The lowest BCUT2D eigenvalue weighted by Gasteiger charge is -2.18. The van der Waals surface area contributed by atoms with Crippen LogP contribution in [0.15, 0.2) is 97.2 Å². The first-order valence-electron chi connectivity index (χ1n) is 31.2. The molecule has 0 aliphatic rings. The minimum atomic E-state index is -0.786. The van der Waals surface area contributed by atoms with Crippen molar-refractivity contribution in [2.75, 3.05) is 13.2 Å². The SMILES string of the molecule is CC/C=C\C/C=C\C/C=C\C/C=C\C/C=C\C/C=C\CCCCCCCCC(=O)OCC(COC(=O)CCCCCCCCCCCCCC)OC(=O)CCCCCCCCCCC/C=C\C/C=C\CCCCC. The maximum absolute atomic E-state index is 12.9. The average molecular weight is 1030 g/mol. The van der Waals surface area contributed by atoms with E-state index < -0.39 is 6.10 Å². The van der Waals surface area contributed by atoms with Gasteiger partial charge in [0.15, 0.2) is 6.10 Å². The third-order valence-corrected chi connectivity index (χ3v) is 13.3. The van der Waals surface area contributed by atoms with E-state index in [1.807, 2.05) is 0 Å². The molecule has 0 spiro atoms. The largest absolute Gasteiger partial charge is 0.462 e. The van der Waals surface area contributed by atoms with Crippen molar-refractivity contribution in [2.24, 2.45) is 0 Å². The molecule has 0 N–H and O–H groups in total. The van der Waals surface area contributed by atoms with E-state index in [9.17, 15) is 14.4 Å². The molecule has 424 valence electrons. The van der Waals surface area contributed by atoms with Crippen molar-refractivity contribution in [2.45, 2.75) is 303 Å². The van der Waals surface area contributed by atoms with Crippen molar-refractivity contribution in [1.82, 2.24) is 0 Å². The molecule has 1 unspecified atom stereocenters. The zero-order chi connectivity index (χ0) is 53.6. The Morgan fingerprint density at radius 1 is 0.284 bits per heavy atom. The third kappa shape index (κ3) is 59.2. The van der Waals surface area contributed by atoms with Gasteiger partial charge in [0.25, 0.3) is 0 Å². The molecule has 6 heteroatoms. The van der Waals surface area contributed by atoms with Crippen LogP contribution >= 0.6 is 0 Å². The second-order valence-corrected chi connectivity index (χ2v) is 20.6. The molecule has 0 aliphatic carbocycles. The molecule has 0 heterocycles. The molecule has 0 bridgehead atoms. The smallest absolute Gasteiger partial charge is 0.306 e. The number of hydrogen-bond acceptors (Lipinski definition) is 6. The topological polar surface area (TPSA) is 78.9 Å². The fraction of sp³-hybridized carbons (Fsp3) is 0.721. The summed E-state index contributed by atoms with van der Waals surface area (Å²) >= 11 is 0. The summed E-state index contributed by atoms with van der Waals surface area (Å²) in [4.78, 5) is 38.3. The Kier molecular flexibility index (Phi) is 58.8. The second kappa shape index (κ2) is 61.9. The van der Waals surface area contributed by atoms with Crippen LogP contribution in [0.2, 0.25) is 0 Å². The molecule has 0 fully saturated rings. The van der Waals surface area contributed by atoms with Crippen molar-refractivity contribution in [1.29, 1.82) is 0 Å². The average Bonchev–Trinajstić information content (AvgIpc) is 3.40. The number of esters is 3. The molecule has 74 heavy (non-hydrogen) atoms. The standard InChI is InChI=1S/C68H116O6/c1-4-7-10-13-16-19-22-25-27-29-31-32-33-34-35-36-38-39-41-43-46-49-52-55-58-61-67(70)73-64-65(63-72-66(69)60-57-54-51-48-45-24-21-18-15-12-9-6-3)74-68(71)62-59-56-53-50-47-44-42-40-37-30-28-26-23-20-17-14-11-8-5-2/h7,10,16-17,19-20,25-28,31-32,34-35,38-39,65H,4-6,8-9,11-15,18,21-24,29-30,33,36-37,40-64H2,1-3H3/b10-7-,19-16-,20-17-,27-25-,28-26-,32-31-,35-34-,39-38-. The molecule has 6 nitrogen and oxygen atoms in total. The molecule has 0 rings (SSSR count). The Labute approximate surface area is 457 Å². The van der Waals surface area contributed by atoms with Gasteiger partial charge in [0, 0.05) is 19.3 Å². The molecule has 0 aliphatic heterocycles. The molecular weight excluding hydrogens is 913 g/mol. The lowest BCUT2D eigenvalue weighted by molar-refractivity contribution is -0.167. The van der Waals surface area contributed by atoms with Gasteiger partial charge in [0.05, 0.1) is 0 Å². The van der Waals surface area contributed by atoms with E-state index in [1.54, 1.807) is 0 Å². The van der Waals surface area contributed by atoms with Crippen molar-refractivity contribution in [3.8, 4) is 0 Å². The Balaban J connectivity index is 4.36. The van der Waals surface area contributed by atoms with E-state index in [0.29, 0.717) is 19.3 Å². The number of allylic oxidation sites excluding steroid dienone is 16. The molecule has 0 aromatic rings. The van der Waals surface area contributed by atoms with Crippen LogP contribution in [-0.2, 0) is 28.6 Å². The van der Waals surface area contributed by atoms with Gasteiger partial charge in [-0.05, 0) is 103 Å². The highest BCUT2D eigenvalue weighted by atomic mass is 16.6. The summed E-state index contributed by atoms with van der Waals surface area (Å²) in [6, 6.07) is 0. The van der Waals surface area contributed by atoms with Gasteiger partial charge in [-0.2, -0.15) is 0 Å². The van der Waals surface area contributed by atoms with Gasteiger partial charge in [-0.15, -0.1) is 0 Å². The van der Waals surface area contributed by atoms with Crippen LogP contribution in [0.1, 0.15) is 297 Å². The Bertz CT molecular complexity index is 1460. The van der Waals surface area contributed by atoms with Crippen LogP contribution in [0.5, 0.6) is 0 Å². The first-order valence-corrected chi connectivity index (χ1v) is 31.2.